The van der Waals surface area contributed by atoms with E-state index in [1.165, 1.54) is 0 Å². The van der Waals surface area contributed by atoms with Crippen molar-refractivity contribution < 1.29 is 110 Å². The number of rotatable bonds is 60. The van der Waals surface area contributed by atoms with Crippen LogP contribution in [0, 0.1) is 10.8 Å². The monoisotopic (exact) mass is 1460 g/mol. The molecule has 0 heterocycles. The van der Waals surface area contributed by atoms with E-state index in [0.29, 0.717) is 51.0 Å². The molecular weight excluding hydrogens is 1340 g/mol. The number of halogens is 12. The largest absolute Gasteiger partial charge is 0.381 e. The zero-order chi connectivity index (χ0) is 69.1. The second-order valence-corrected chi connectivity index (χ2v) is 54.9. The smallest absolute Gasteiger partial charge is 0.379 e. The van der Waals surface area contributed by atoms with E-state index in [1.807, 2.05) is 26.2 Å². The lowest BCUT2D eigenvalue weighted by Crippen LogP contribution is -2.48. The van der Waals surface area contributed by atoms with Crippen LogP contribution in [0.3, 0.4) is 0 Å². The third kappa shape index (κ3) is 57.5. The highest BCUT2D eigenvalue weighted by Crippen LogP contribution is 2.34. The molecule has 0 amide bonds. The topological polar surface area (TPSA) is 111 Å². The molecule has 0 aromatic heterocycles. The first-order chi connectivity index (χ1) is 41.6. The van der Waals surface area contributed by atoms with E-state index >= 15 is 0 Å². The molecule has 0 unspecified atom stereocenters. The van der Waals surface area contributed by atoms with Crippen LogP contribution in [-0.4, -0.2) is 226 Å². The molecule has 0 bridgehead atoms. The molecule has 0 saturated heterocycles. The van der Waals surface area contributed by atoms with Gasteiger partial charge in [-0.1, -0.05) is 153 Å². The Morgan fingerprint density at radius 3 is 0.633 bits per heavy atom. The van der Waals surface area contributed by atoms with Gasteiger partial charge < -0.3 is 56.8 Å². The summed E-state index contributed by atoms with van der Waals surface area (Å²) >= 11 is 0. The minimum atomic E-state index is -3.97. The molecule has 0 aromatic rings. The molecular formula is C58H124F12O12Si8. The molecule has 0 aliphatic rings. The molecule has 0 radical (unpaired) electrons. The Balaban J connectivity index is 0. The number of hydrogen-bond acceptors (Lipinski definition) is 12. The minimum absolute atomic E-state index is 0.0183. The SMILES string of the molecule is C[SiH](C)CCCOCC(COCCC[SiH](C)C)(COC(F)(F)CC[SiH](C)C)COC(F)(F)CC[SiH](C)C.C[SiH](C)CCCOCC(F)(F)OCC(COCC(F)(F)OCCC[SiH](C)C)(COCC(F)(F)OCCC[SiH](C)C)COC(F)(F)COCCC[SiH](C)C. The lowest BCUT2D eigenvalue weighted by atomic mass is 9.92. The maximum absolute atomic E-state index is 14.9. The number of ether oxygens (including phenoxy) is 12. The van der Waals surface area contributed by atoms with Crippen molar-refractivity contribution in [2.24, 2.45) is 10.8 Å². The Hall–Kier alpha value is 0.415. The predicted molar refractivity (Wildman–Crippen MR) is 362 cm³/mol. The third-order valence-electron chi connectivity index (χ3n) is 13.9. The van der Waals surface area contributed by atoms with E-state index in [0.717, 1.165) is 49.1 Å². The Kier molecular flexibility index (Phi) is 51.2. The van der Waals surface area contributed by atoms with E-state index in [1.54, 1.807) is 0 Å². The summed E-state index contributed by atoms with van der Waals surface area (Å²) in [4.78, 5) is 0. The van der Waals surface area contributed by atoms with Crippen LogP contribution in [0.4, 0.5) is 52.7 Å². The maximum Gasteiger partial charge on any atom is 0.379 e. The Morgan fingerprint density at radius 1 is 0.200 bits per heavy atom. The summed E-state index contributed by atoms with van der Waals surface area (Å²) in [5.74, 6) is 0. The Morgan fingerprint density at radius 2 is 0.389 bits per heavy atom. The van der Waals surface area contributed by atoms with Gasteiger partial charge in [0.15, 0.2) is 0 Å². The predicted octanol–water partition coefficient (Wildman–Crippen LogP) is 14.7. The first-order valence-corrected chi connectivity index (χ1v) is 58.1. The van der Waals surface area contributed by atoms with Crippen molar-refractivity contribution in [3.05, 3.63) is 0 Å². The molecule has 0 rings (SSSR count). The average Bonchev–Trinajstić information content (AvgIpc) is 1.56. The van der Waals surface area contributed by atoms with Crippen molar-refractivity contribution in [3.8, 4) is 0 Å². The quantitative estimate of drug-likeness (QED) is 0.0328. The van der Waals surface area contributed by atoms with E-state index < -0.39 is 184 Å². The lowest BCUT2D eigenvalue weighted by Gasteiger charge is -2.36. The molecule has 0 aliphatic heterocycles. The Labute approximate surface area is 548 Å². The normalized spacial score (nSPS) is 13.7. The van der Waals surface area contributed by atoms with Crippen LogP contribution < -0.4 is 0 Å². The second kappa shape index (κ2) is 49.8. The molecule has 0 saturated carbocycles. The van der Waals surface area contributed by atoms with Gasteiger partial charge in [-0.3, -0.25) is 0 Å². The van der Waals surface area contributed by atoms with Crippen LogP contribution in [0.5, 0.6) is 0 Å². The van der Waals surface area contributed by atoms with Gasteiger partial charge in [0.2, 0.25) is 0 Å². The molecule has 0 aromatic carbocycles. The van der Waals surface area contributed by atoms with Gasteiger partial charge in [0.1, 0.15) is 26.4 Å². The first-order valence-electron chi connectivity index (χ1n) is 33.1. The van der Waals surface area contributed by atoms with E-state index in [4.69, 9.17) is 47.4 Å². The van der Waals surface area contributed by atoms with Gasteiger partial charge in [0.25, 0.3) is 0 Å². The Bertz CT molecular complexity index is 1600. The van der Waals surface area contributed by atoms with Crippen LogP contribution in [-0.2, 0) is 56.8 Å². The minimum Gasteiger partial charge on any atom is -0.381 e. The summed E-state index contributed by atoms with van der Waals surface area (Å²) in [6.45, 7) is 23.7. The van der Waals surface area contributed by atoms with Crippen LogP contribution >= 0.6 is 0 Å². The molecule has 0 fully saturated rings. The van der Waals surface area contributed by atoms with Crippen molar-refractivity contribution >= 4 is 70.4 Å². The summed E-state index contributed by atoms with van der Waals surface area (Å²) < 4.78 is 238. The molecule has 0 N–H and O–H groups in total. The highest BCUT2D eigenvalue weighted by molar-refractivity contribution is 6.57. The van der Waals surface area contributed by atoms with Crippen LogP contribution in [0.2, 0.25) is 153 Å². The molecule has 0 aliphatic carbocycles. The zero-order valence-electron chi connectivity index (χ0n) is 58.1. The van der Waals surface area contributed by atoms with Crippen molar-refractivity contribution in [2.75, 3.05) is 119 Å². The van der Waals surface area contributed by atoms with Crippen LogP contribution in [0.15, 0.2) is 0 Å². The van der Waals surface area contributed by atoms with Crippen molar-refractivity contribution in [1.29, 1.82) is 0 Å². The molecule has 544 valence electrons. The summed E-state index contributed by atoms with van der Waals surface area (Å²) in [6, 6.07) is 6.33. The lowest BCUT2D eigenvalue weighted by molar-refractivity contribution is -0.316. The van der Waals surface area contributed by atoms with Gasteiger partial charge in [-0.05, 0) is 38.5 Å². The molecule has 0 spiro atoms. The van der Waals surface area contributed by atoms with Gasteiger partial charge in [0, 0.05) is 110 Å². The summed E-state index contributed by atoms with van der Waals surface area (Å²) in [7, 11) is -7.73. The average molecular weight is 1470 g/mol. The second-order valence-electron chi connectivity index (χ2n) is 28.0. The standard InChI is InChI=1S/C33H68F8O8Si4.C25H56F4O4Si4/c1-50(2)17-9-13-42-25-32(38,39)48-23-29(21-44-27-30(34,35)46-15-11-19-52(5)6,22-45-28-31(36,37)47-16-12-20-53(7)8)24-49-33(40,41)26-43-14-10-18-51(3)4;1-34(2)15-9-13-30-19-23(20-31-14-10-16-35(3)4,21-32-24(26,27)11-17-36(5)6)22-33-25(28,29)12-18-37(7)8/h50-53H,9-28H2,1-8H3;34-37H,9-22H2,1-8H3. The van der Waals surface area contributed by atoms with Crippen LogP contribution in [0.25, 0.3) is 0 Å². The molecule has 90 heavy (non-hydrogen) atoms. The summed E-state index contributed by atoms with van der Waals surface area (Å²) in [5, 5.41) is 0. The fraction of sp³-hybridized carbons (Fsp3) is 1.00. The van der Waals surface area contributed by atoms with Crippen LogP contribution in [0.1, 0.15) is 51.4 Å². The molecule has 12 nitrogen and oxygen atoms in total. The first kappa shape index (κ1) is 92.5. The highest BCUT2D eigenvalue weighted by atomic mass is 28.3. The maximum atomic E-state index is 14.9. The van der Waals surface area contributed by atoms with Crippen molar-refractivity contribution in [3.63, 3.8) is 0 Å². The summed E-state index contributed by atoms with van der Waals surface area (Å²) in [6.07, 6.45) is -19.3. The number of alkyl halides is 12. The van der Waals surface area contributed by atoms with Gasteiger partial charge in [-0.25, -0.2) is 0 Å². The van der Waals surface area contributed by atoms with Gasteiger partial charge in [0.05, 0.1) is 76.9 Å². The number of hydrogen-bond donors (Lipinski definition) is 0. The molecule has 0 atom stereocenters. The van der Waals surface area contributed by atoms with Gasteiger partial charge >= 0.3 is 36.7 Å². The van der Waals surface area contributed by atoms with E-state index in [-0.39, 0.29) is 52.5 Å². The van der Waals surface area contributed by atoms with Crippen molar-refractivity contribution in [1.82, 2.24) is 0 Å². The van der Waals surface area contributed by atoms with Crippen molar-refractivity contribution in [2.45, 2.75) is 241 Å². The summed E-state index contributed by atoms with van der Waals surface area (Å²) in [5.41, 5.74) is -3.44. The fourth-order valence-corrected chi connectivity index (χ4v) is 16.0. The van der Waals surface area contributed by atoms with E-state index in [2.05, 4.69) is 88.0 Å². The highest BCUT2D eigenvalue weighted by Gasteiger charge is 2.45. The van der Waals surface area contributed by atoms with Gasteiger partial charge in [-0.15, -0.1) is 0 Å². The third-order valence-corrected chi connectivity index (χ3v) is 26.1. The molecule has 32 heteroatoms. The van der Waals surface area contributed by atoms with Gasteiger partial charge in [-0.2, -0.15) is 52.7 Å². The van der Waals surface area contributed by atoms with E-state index in [9.17, 15) is 52.7 Å². The zero-order valence-corrected chi connectivity index (χ0v) is 67.3. The fourth-order valence-electron chi connectivity index (χ4n) is 8.29.